The van der Waals surface area contributed by atoms with Crippen molar-refractivity contribution >= 4 is 17.5 Å². The second-order valence-electron chi connectivity index (χ2n) is 4.02. The summed E-state index contributed by atoms with van der Waals surface area (Å²) in [5.41, 5.74) is 0.529. The van der Waals surface area contributed by atoms with E-state index in [1.165, 1.54) is 6.20 Å². The highest BCUT2D eigenvalue weighted by molar-refractivity contribution is 6.29. The quantitative estimate of drug-likeness (QED) is 0.759. The molecule has 0 aliphatic rings. The van der Waals surface area contributed by atoms with Gasteiger partial charge < -0.3 is 9.64 Å². The molecule has 4 nitrogen and oxygen atoms in total. The average molecular weight is 257 g/mol. The summed E-state index contributed by atoms with van der Waals surface area (Å²) in [6, 6.07) is 3.27. The Balaban J connectivity index is 2.49. The molecule has 1 rings (SSSR count). The van der Waals surface area contributed by atoms with Crippen molar-refractivity contribution in [2.75, 3.05) is 20.2 Å². The molecule has 1 heterocycles. The molecule has 0 saturated heterocycles. The molecule has 0 N–H and O–H groups in total. The summed E-state index contributed by atoms with van der Waals surface area (Å²) in [6.45, 7) is 5.01. The van der Waals surface area contributed by atoms with Crippen molar-refractivity contribution < 1.29 is 9.53 Å². The number of likely N-dealkylation sites (N-methyl/N-ethyl adjacent to an activating group) is 1. The number of amides is 1. The van der Waals surface area contributed by atoms with Crippen LogP contribution in [0.1, 0.15) is 24.2 Å². The minimum Gasteiger partial charge on any atom is -0.377 e. The number of nitrogens with zero attached hydrogens (tertiary/aromatic N) is 2. The predicted octanol–water partition coefficient (Wildman–Crippen LogP) is 2.23. The van der Waals surface area contributed by atoms with Crippen LogP contribution in [0.3, 0.4) is 0 Å². The highest BCUT2D eigenvalue weighted by Gasteiger charge is 2.11. The van der Waals surface area contributed by atoms with Crippen molar-refractivity contribution in [1.82, 2.24) is 9.88 Å². The van der Waals surface area contributed by atoms with Gasteiger partial charge in [0, 0.05) is 19.8 Å². The first-order valence-electron chi connectivity index (χ1n) is 5.49. The Morgan fingerprint density at radius 2 is 2.24 bits per heavy atom. The van der Waals surface area contributed by atoms with Gasteiger partial charge in [0.1, 0.15) is 5.15 Å². The number of hydrogen-bond acceptors (Lipinski definition) is 3. The molecule has 0 bridgehead atoms. The zero-order valence-corrected chi connectivity index (χ0v) is 11.1. The van der Waals surface area contributed by atoms with Gasteiger partial charge in [-0.3, -0.25) is 4.79 Å². The van der Waals surface area contributed by atoms with E-state index in [9.17, 15) is 4.79 Å². The third-order valence-electron chi connectivity index (χ3n) is 2.20. The first-order chi connectivity index (χ1) is 8.00. The molecule has 0 atom stereocenters. The number of halogens is 1. The summed E-state index contributed by atoms with van der Waals surface area (Å²) in [7, 11) is 1.74. The normalized spacial score (nSPS) is 10.6. The van der Waals surface area contributed by atoms with Crippen molar-refractivity contribution in [3.05, 3.63) is 29.0 Å². The van der Waals surface area contributed by atoms with Crippen molar-refractivity contribution in [2.45, 2.75) is 20.0 Å². The van der Waals surface area contributed by atoms with Gasteiger partial charge in [0.05, 0.1) is 18.3 Å². The monoisotopic (exact) mass is 256 g/mol. The summed E-state index contributed by atoms with van der Waals surface area (Å²) >= 11 is 5.66. The SMILES string of the molecule is CC(C)OCCN(C)C(=O)c1ccc(Cl)nc1. The zero-order chi connectivity index (χ0) is 12.8. The molecule has 0 aliphatic heterocycles. The smallest absolute Gasteiger partial charge is 0.255 e. The highest BCUT2D eigenvalue weighted by atomic mass is 35.5. The Kier molecular flexibility index (Phi) is 5.38. The zero-order valence-electron chi connectivity index (χ0n) is 10.3. The Hall–Kier alpha value is -1.13. The molecule has 0 unspecified atom stereocenters. The van der Waals surface area contributed by atoms with Crippen LogP contribution in [0.5, 0.6) is 0 Å². The van der Waals surface area contributed by atoms with Gasteiger partial charge >= 0.3 is 0 Å². The number of pyridine rings is 1. The molecule has 94 valence electrons. The van der Waals surface area contributed by atoms with E-state index in [4.69, 9.17) is 16.3 Å². The van der Waals surface area contributed by atoms with Crippen molar-refractivity contribution in [2.24, 2.45) is 0 Å². The molecule has 0 fully saturated rings. The van der Waals surface area contributed by atoms with Crippen LogP contribution >= 0.6 is 11.6 Å². The van der Waals surface area contributed by atoms with E-state index in [2.05, 4.69) is 4.98 Å². The lowest BCUT2D eigenvalue weighted by atomic mass is 10.2. The van der Waals surface area contributed by atoms with E-state index >= 15 is 0 Å². The van der Waals surface area contributed by atoms with Crippen molar-refractivity contribution in [3.8, 4) is 0 Å². The Morgan fingerprint density at radius 1 is 1.53 bits per heavy atom. The molecular weight excluding hydrogens is 240 g/mol. The average Bonchev–Trinajstić information content (AvgIpc) is 2.28. The fourth-order valence-electron chi connectivity index (χ4n) is 1.25. The van der Waals surface area contributed by atoms with Gasteiger partial charge in [0.25, 0.3) is 5.91 Å². The van der Waals surface area contributed by atoms with Gasteiger partial charge in [-0.25, -0.2) is 4.98 Å². The van der Waals surface area contributed by atoms with Gasteiger partial charge in [-0.05, 0) is 26.0 Å². The van der Waals surface area contributed by atoms with Gasteiger partial charge in [-0.2, -0.15) is 0 Å². The summed E-state index contributed by atoms with van der Waals surface area (Å²) in [5.74, 6) is -0.0819. The molecular formula is C12H17ClN2O2. The largest absolute Gasteiger partial charge is 0.377 e. The fourth-order valence-corrected chi connectivity index (χ4v) is 1.36. The van der Waals surface area contributed by atoms with Crippen LogP contribution in [0.25, 0.3) is 0 Å². The second-order valence-corrected chi connectivity index (χ2v) is 4.40. The predicted molar refractivity (Wildman–Crippen MR) is 67.3 cm³/mol. The summed E-state index contributed by atoms with van der Waals surface area (Å²) in [4.78, 5) is 17.4. The van der Waals surface area contributed by atoms with E-state index in [0.29, 0.717) is 23.9 Å². The first-order valence-corrected chi connectivity index (χ1v) is 5.87. The minimum atomic E-state index is -0.0819. The van der Waals surface area contributed by atoms with E-state index in [1.54, 1.807) is 24.1 Å². The third kappa shape index (κ3) is 4.71. The van der Waals surface area contributed by atoms with Gasteiger partial charge in [-0.1, -0.05) is 11.6 Å². The second kappa shape index (κ2) is 6.57. The maximum absolute atomic E-state index is 11.9. The number of rotatable bonds is 5. The van der Waals surface area contributed by atoms with E-state index in [1.807, 2.05) is 13.8 Å². The molecule has 0 spiro atoms. The fraction of sp³-hybridized carbons (Fsp3) is 0.500. The topological polar surface area (TPSA) is 42.4 Å². The number of aromatic nitrogens is 1. The number of ether oxygens (including phenoxy) is 1. The first kappa shape index (κ1) is 13.9. The van der Waals surface area contributed by atoms with Crippen LogP contribution in [0, 0.1) is 0 Å². The molecule has 0 aliphatic carbocycles. The van der Waals surface area contributed by atoms with Crippen molar-refractivity contribution in [1.29, 1.82) is 0 Å². The molecule has 17 heavy (non-hydrogen) atoms. The molecule has 5 heteroatoms. The van der Waals surface area contributed by atoms with Crippen LogP contribution in [0.4, 0.5) is 0 Å². The Morgan fingerprint density at radius 3 is 2.76 bits per heavy atom. The van der Waals surface area contributed by atoms with Crippen LogP contribution in [0.15, 0.2) is 18.3 Å². The highest BCUT2D eigenvalue weighted by Crippen LogP contribution is 2.07. The number of hydrogen-bond donors (Lipinski definition) is 0. The van der Waals surface area contributed by atoms with Crippen LogP contribution in [-0.4, -0.2) is 42.1 Å². The van der Waals surface area contributed by atoms with Crippen LogP contribution in [-0.2, 0) is 4.74 Å². The summed E-state index contributed by atoms with van der Waals surface area (Å²) < 4.78 is 5.39. The number of carbonyl (C=O) groups is 1. The van der Waals surface area contributed by atoms with E-state index in [0.717, 1.165) is 0 Å². The maximum atomic E-state index is 11.9. The van der Waals surface area contributed by atoms with Crippen LogP contribution in [0.2, 0.25) is 5.15 Å². The molecule has 1 amide bonds. The van der Waals surface area contributed by atoms with E-state index < -0.39 is 0 Å². The molecule has 1 aromatic heterocycles. The van der Waals surface area contributed by atoms with Gasteiger partial charge in [-0.15, -0.1) is 0 Å². The minimum absolute atomic E-state index is 0.0819. The van der Waals surface area contributed by atoms with Crippen LogP contribution < -0.4 is 0 Å². The maximum Gasteiger partial charge on any atom is 0.255 e. The van der Waals surface area contributed by atoms with Gasteiger partial charge in [0.15, 0.2) is 0 Å². The Bertz CT molecular complexity index is 365. The standard InChI is InChI=1S/C12H17ClN2O2/c1-9(2)17-7-6-15(3)12(16)10-4-5-11(13)14-8-10/h4-5,8-9H,6-7H2,1-3H3. The van der Waals surface area contributed by atoms with Gasteiger partial charge in [0.2, 0.25) is 0 Å². The molecule has 1 aromatic rings. The van der Waals surface area contributed by atoms with E-state index in [-0.39, 0.29) is 12.0 Å². The lowest BCUT2D eigenvalue weighted by molar-refractivity contribution is 0.0532. The summed E-state index contributed by atoms with van der Waals surface area (Å²) in [5, 5.41) is 0.382. The lowest BCUT2D eigenvalue weighted by Gasteiger charge is -2.17. The molecule has 0 aromatic carbocycles. The van der Waals surface area contributed by atoms with Crippen molar-refractivity contribution in [3.63, 3.8) is 0 Å². The third-order valence-corrected chi connectivity index (χ3v) is 2.42. The number of carbonyl (C=O) groups excluding carboxylic acids is 1. The Labute approximate surface area is 107 Å². The molecule has 0 radical (unpaired) electrons. The molecule has 0 saturated carbocycles. The lowest BCUT2D eigenvalue weighted by Crippen LogP contribution is -2.30. The summed E-state index contributed by atoms with van der Waals surface area (Å²) in [6.07, 6.45) is 1.65.